The molecule has 6 heteroatoms. The van der Waals surface area contributed by atoms with Gasteiger partial charge in [0, 0.05) is 10.7 Å². The van der Waals surface area contributed by atoms with Gasteiger partial charge in [-0.1, -0.05) is 17.7 Å². The fourth-order valence-corrected chi connectivity index (χ4v) is 2.58. The molecule has 1 unspecified atom stereocenters. The van der Waals surface area contributed by atoms with Crippen LogP contribution in [-0.2, 0) is 9.59 Å². The van der Waals surface area contributed by atoms with Crippen LogP contribution in [0, 0.1) is 13.8 Å². The first kappa shape index (κ1) is 16.3. The molecule has 2 aromatic rings. The van der Waals surface area contributed by atoms with Gasteiger partial charge in [0.2, 0.25) is 0 Å². The number of aryl methyl sites for hydroxylation is 2. The van der Waals surface area contributed by atoms with Gasteiger partial charge >= 0.3 is 0 Å². The Balaban J connectivity index is 1.87. The van der Waals surface area contributed by atoms with Crippen molar-refractivity contribution in [3.05, 3.63) is 52.5 Å². The number of anilines is 2. The lowest BCUT2D eigenvalue weighted by Gasteiger charge is -2.33. The molecular weight excluding hydrogens is 328 g/mol. The van der Waals surface area contributed by atoms with Gasteiger partial charge < -0.3 is 15.4 Å². The van der Waals surface area contributed by atoms with Gasteiger partial charge in [-0.3, -0.25) is 9.59 Å². The molecule has 0 saturated carbocycles. The van der Waals surface area contributed by atoms with Crippen molar-refractivity contribution in [3.8, 4) is 5.75 Å². The maximum absolute atomic E-state index is 12.6. The number of rotatable bonds is 2. The second-order valence-corrected chi connectivity index (χ2v) is 6.41. The van der Waals surface area contributed by atoms with Crippen molar-refractivity contribution in [2.75, 3.05) is 10.6 Å². The number of hydrogen-bond acceptors (Lipinski definition) is 3. The topological polar surface area (TPSA) is 67.4 Å². The van der Waals surface area contributed by atoms with Gasteiger partial charge in [-0.15, -0.1) is 0 Å². The van der Waals surface area contributed by atoms with Crippen molar-refractivity contribution in [2.24, 2.45) is 0 Å². The number of carbonyl (C=O) groups excluding carboxylic acids is 2. The van der Waals surface area contributed by atoms with E-state index in [-0.39, 0.29) is 0 Å². The van der Waals surface area contributed by atoms with Crippen LogP contribution in [0.1, 0.15) is 18.1 Å². The van der Waals surface area contributed by atoms with E-state index >= 15 is 0 Å². The summed E-state index contributed by atoms with van der Waals surface area (Å²) < 4.78 is 5.72. The third-order valence-electron chi connectivity index (χ3n) is 3.98. The molecule has 1 heterocycles. The van der Waals surface area contributed by atoms with Gasteiger partial charge in [0.15, 0.2) is 0 Å². The summed E-state index contributed by atoms with van der Waals surface area (Å²) in [6.45, 7) is 5.20. The maximum Gasteiger partial charge on any atom is 0.278 e. The van der Waals surface area contributed by atoms with Crippen LogP contribution in [-0.4, -0.2) is 17.4 Å². The number of ether oxygens (including phenoxy) is 1. The summed E-state index contributed by atoms with van der Waals surface area (Å²) in [5.41, 5.74) is 1.27. The number of nitrogens with one attached hydrogen (secondary N) is 2. The van der Waals surface area contributed by atoms with Crippen molar-refractivity contribution in [1.29, 1.82) is 0 Å². The Kier molecular flexibility index (Phi) is 3.97. The number of benzene rings is 2. The van der Waals surface area contributed by atoms with E-state index in [1.165, 1.54) is 6.92 Å². The summed E-state index contributed by atoms with van der Waals surface area (Å²) in [6.07, 6.45) is 0. The van der Waals surface area contributed by atoms with E-state index in [9.17, 15) is 9.59 Å². The average molecular weight is 345 g/mol. The molecule has 0 bridgehead atoms. The SMILES string of the molecule is Cc1ccc2c(c1)NC(=O)C(C)(C(=O)Nc1ccc(Cl)c(C)c1)O2. The predicted octanol–water partition coefficient (Wildman–Crippen LogP) is 3.69. The molecule has 2 aromatic carbocycles. The highest BCUT2D eigenvalue weighted by Gasteiger charge is 2.47. The minimum atomic E-state index is -1.66. The van der Waals surface area contributed by atoms with Crippen molar-refractivity contribution in [1.82, 2.24) is 0 Å². The molecule has 0 radical (unpaired) electrons. The number of carbonyl (C=O) groups is 2. The highest BCUT2D eigenvalue weighted by molar-refractivity contribution is 6.31. The van der Waals surface area contributed by atoms with Gasteiger partial charge in [0.1, 0.15) is 5.75 Å². The Morgan fingerprint density at radius 1 is 1.21 bits per heavy atom. The number of amides is 2. The standard InChI is InChI=1S/C18H17ClN2O3/c1-10-4-7-15-14(8-10)21-17(23)18(3,24-15)16(22)20-12-5-6-13(19)11(2)9-12/h4-9H,1-3H3,(H,20,22)(H,21,23). The van der Waals surface area contributed by atoms with E-state index in [0.29, 0.717) is 22.1 Å². The zero-order chi connectivity index (χ0) is 17.5. The van der Waals surface area contributed by atoms with E-state index in [0.717, 1.165) is 11.1 Å². The van der Waals surface area contributed by atoms with Crippen LogP contribution in [0.25, 0.3) is 0 Å². The van der Waals surface area contributed by atoms with Crippen LogP contribution in [0.15, 0.2) is 36.4 Å². The summed E-state index contributed by atoms with van der Waals surface area (Å²) in [6, 6.07) is 10.5. The third kappa shape index (κ3) is 2.83. The number of halogens is 1. The Hall–Kier alpha value is -2.53. The summed E-state index contributed by atoms with van der Waals surface area (Å²) in [4.78, 5) is 25.1. The summed E-state index contributed by atoms with van der Waals surface area (Å²) in [5.74, 6) is -0.595. The number of fused-ring (bicyclic) bond motifs is 1. The van der Waals surface area contributed by atoms with Crippen LogP contribution in [0.5, 0.6) is 5.75 Å². The molecule has 5 nitrogen and oxygen atoms in total. The fraction of sp³-hybridized carbons (Fsp3) is 0.222. The molecule has 1 aliphatic heterocycles. The average Bonchev–Trinajstić information content (AvgIpc) is 2.52. The van der Waals surface area contributed by atoms with Crippen molar-refractivity contribution < 1.29 is 14.3 Å². The predicted molar refractivity (Wildman–Crippen MR) is 93.7 cm³/mol. The summed E-state index contributed by atoms with van der Waals surface area (Å²) in [5, 5.41) is 6.05. The maximum atomic E-state index is 12.6. The van der Waals surface area contributed by atoms with E-state index in [4.69, 9.17) is 16.3 Å². The zero-order valence-corrected chi connectivity index (χ0v) is 14.3. The molecule has 24 heavy (non-hydrogen) atoms. The van der Waals surface area contributed by atoms with Crippen molar-refractivity contribution in [3.63, 3.8) is 0 Å². The second-order valence-electron chi connectivity index (χ2n) is 6.01. The van der Waals surface area contributed by atoms with Gasteiger partial charge in [0.25, 0.3) is 17.4 Å². The van der Waals surface area contributed by atoms with Crippen molar-refractivity contribution in [2.45, 2.75) is 26.4 Å². The highest BCUT2D eigenvalue weighted by atomic mass is 35.5. The first-order chi connectivity index (χ1) is 11.3. The molecule has 0 fully saturated rings. The monoisotopic (exact) mass is 344 g/mol. The lowest BCUT2D eigenvalue weighted by Crippen LogP contribution is -2.56. The Bertz CT molecular complexity index is 850. The van der Waals surface area contributed by atoms with E-state index < -0.39 is 17.4 Å². The summed E-state index contributed by atoms with van der Waals surface area (Å²) >= 11 is 5.98. The summed E-state index contributed by atoms with van der Waals surface area (Å²) in [7, 11) is 0. The minimum Gasteiger partial charge on any atom is -0.466 e. The molecule has 3 rings (SSSR count). The van der Waals surface area contributed by atoms with Crippen molar-refractivity contribution >= 4 is 34.8 Å². The second kappa shape index (κ2) is 5.83. The van der Waals surface area contributed by atoms with Gasteiger partial charge in [-0.2, -0.15) is 0 Å². The lowest BCUT2D eigenvalue weighted by atomic mass is 10.0. The normalized spacial score (nSPS) is 19.1. The highest BCUT2D eigenvalue weighted by Crippen LogP contribution is 2.35. The minimum absolute atomic E-state index is 0.463. The molecule has 2 amide bonds. The quantitative estimate of drug-likeness (QED) is 0.816. The van der Waals surface area contributed by atoms with E-state index in [2.05, 4.69) is 10.6 Å². The van der Waals surface area contributed by atoms with Gasteiger partial charge in [0.05, 0.1) is 5.69 Å². The fourth-order valence-electron chi connectivity index (χ4n) is 2.46. The number of hydrogen-bond donors (Lipinski definition) is 2. The Labute approximate surface area is 145 Å². The molecule has 1 aliphatic rings. The first-order valence-electron chi connectivity index (χ1n) is 7.48. The Morgan fingerprint density at radius 2 is 1.96 bits per heavy atom. The smallest absolute Gasteiger partial charge is 0.278 e. The molecule has 124 valence electrons. The van der Waals surface area contributed by atoms with E-state index in [1.807, 2.05) is 19.9 Å². The van der Waals surface area contributed by atoms with Gasteiger partial charge in [-0.25, -0.2) is 0 Å². The molecule has 2 N–H and O–H groups in total. The van der Waals surface area contributed by atoms with Crippen LogP contribution < -0.4 is 15.4 Å². The molecular formula is C18H17ClN2O3. The van der Waals surface area contributed by atoms with Crippen LogP contribution in [0.4, 0.5) is 11.4 Å². The van der Waals surface area contributed by atoms with Gasteiger partial charge in [-0.05, 0) is 62.2 Å². The van der Waals surface area contributed by atoms with Crippen LogP contribution in [0.3, 0.4) is 0 Å². The Morgan fingerprint density at radius 3 is 2.67 bits per heavy atom. The van der Waals surface area contributed by atoms with Crippen LogP contribution >= 0.6 is 11.6 Å². The molecule has 0 spiro atoms. The molecule has 1 atom stereocenters. The molecule has 0 saturated heterocycles. The zero-order valence-electron chi connectivity index (χ0n) is 13.6. The first-order valence-corrected chi connectivity index (χ1v) is 7.86. The molecule has 0 aliphatic carbocycles. The lowest BCUT2D eigenvalue weighted by molar-refractivity contribution is -0.143. The van der Waals surface area contributed by atoms with E-state index in [1.54, 1.807) is 30.3 Å². The third-order valence-corrected chi connectivity index (χ3v) is 4.40. The largest absolute Gasteiger partial charge is 0.466 e. The van der Waals surface area contributed by atoms with Crippen LogP contribution in [0.2, 0.25) is 5.02 Å². The molecule has 0 aromatic heterocycles.